The highest BCUT2D eigenvalue weighted by Gasteiger charge is 2.49. The highest BCUT2D eigenvalue weighted by molar-refractivity contribution is 5.97. The fourth-order valence-corrected chi connectivity index (χ4v) is 5.67. The molecule has 6 rings (SSSR count). The van der Waals surface area contributed by atoms with Crippen LogP contribution >= 0.6 is 0 Å². The van der Waals surface area contributed by atoms with Gasteiger partial charge in [-0.1, -0.05) is 48.5 Å². The number of halogens is 3. The van der Waals surface area contributed by atoms with Crippen molar-refractivity contribution in [2.24, 2.45) is 5.92 Å². The molecule has 1 atom stereocenters. The van der Waals surface area contributed by atoms with Gasteiger partial charge in [0.25, 0.3) is 0 Å². The third-order valence-corrected chi connectivity index (χ3v) is 7.73. The van der Waals surface area contributed by atoms with Crippen LogP contribution in [0.15, 0.2) is 72.8 Å². The van der Waals surface area contributed by atoms with E-state index in [1.54, 1.807) is 6.07 Å². The second kappa shape index (κ2) is 11.7. The van der Waals surface area contributed by atoms with E-state index in [9.17, 15) is 18.4 Å². The lowest BCUT2D eigenvalue weighted by atomic mass is 9.83. The smallest absolute Gasteiger partial charge is 0.415 e. The first-order valence-corrected chi connectivity index (χ1v) is 12.7. The number of benzene rings is 3. The zero-order valence-electron chi connectivity index (χ0n) is 21.3. The number of carbonyl (C=O) groups excluding carboxylic acids is 2. The van der Waals surface area contributed by atoms with E-state index in [1.807, 2.05) is 55.5 Å². The van der Waals surface area contributed by atoms with Crippen LogP contribution in [0.3, 0.4) is 0 Å². The van der Waals surface area contributed by atoms with Crippen LogP contribution in [-0.2, 0) is 11.3 Å². The Morgan fingerprint density at radius 2 is 1.68 bits per heavy atom. The summed E-state index contributed by atoms with van der Waals surface area (Å²) in [6.45, 7) is 4.75. The van der Waals surface area contributed by atoms with Gasteiger partial charge in [0.1, 0.15) is 13.1 Å². The summed E-state index contributed by atoms with van der Waals surface area (Å²) in [6.07, 6.45) is 0.957. The van der Waals surface area contributed by atoms with Crippen LogP contribution in [-0.4, -0.2) is 48.6 Å². The number of piperidine rings is 3. The minimum Gasteiger partial charge on any atom is -1.00 e. The Labute approximate surface area is 232 Å². The van der Waals surface area contributed by atoms with Crippen molar-refractivity contribution in [2.45, 2.75) is 32.4 Å². The lowest BCUT2D eigenvalue weighted by molar-refractivity contribution is -0.938. The summed E-state index contributed by atoms with van der Waals surface area (Å²) in [5.74, 6) is -1.54. The van der Waals surface area contributed by atoms with Crippen LogP contribution in [0, 0.1) is 24.5 Å². The largest absolute Gasteiger partial charge is 1.00 e. The maximum atomic E-state index is 13.9. The minimum absolute atomic E-state index is 0. The summed E-state index contributed by atoms with van der Waals surface area (Å²) in [5.41, 5.74) is 2.75. The molecule has 3 heterocycles. The molecule has 3 aliphatic heterocycles. The normalized spacial score (nSPS) is 21.9. The second-order valence-electron chi connectivity index (χ2n) is 10.4. The summed E-state index contributed by atoms with van der Waals surface area (Å²) in [7, 11) is 0. The average Bonchev–Trinajstić information content (AvgIpc) is 2.90. The molecule has 0 saturated carbocycles. The molecule has 0 unspecified atom stereocenters. The Hall–Kier alpha value is -3.10. The van der Waals surface area contributed by atoms with Crippen molar-refractivity contribution >= 4 is 17.6 Å². The molecule has 8 heteroatoms. The zero-order valence-corrected chi connectivity index (χ0v) is 22.9. The minimum atomic E-state index is -0.957. The van der Waals surface area contributed by atoms with E-state index in [-0.39, 0.29) is 41.3 Å². The van der Waals surface area contributed by atoms with Gasteiger partial charge >= 0.3 is 6.09 Å². The van der Waals surface area contributed by atoms with E-state index in [0.29, 0.717) is 34.4 Å². The van der Waals surface area contributed by atoms with Gasteiger partial charge in [-0.15, -0.1) is 0 Å². The number of carbonyl (C=O) groups is 2. The number of ketones is 1. The van der Waals surface area contributed by atoms with Gasteiger partial charge in [0.05, 0.1) is 19.6 Å². The highest BCUT2D eigenvalue weighted by Crippen LogP contribution is 2.36. The summed E-state index contributed by atoms with van der Waals surface area (Å²) in [6, 6.07) is 20.4. The molecule has 0 aliphatic carbocycles. The summed E-state index contributed by atoms with van der Waals surface area (Å²) in [4.78, 5) is 28.0. The molecule has 5 nitrogen and oxygen atoms in total. The predicted molar refractivity (Wildman–Crippen MR) is 137 cm³/mol. The van der Waals surface area contributed by atoms with E-state index in [4.69, 9.17) is 4.74 Å². The fourth-order valence-electron chi connectivity index (χ4n) is 5.67. The van der Waals surface area contributed by atoms with Gasteiger partial charge in [0, 0.05) is 30.0 Å². The predicted octanol–water partition coefficient (Wildman–Crippen LogP) is 2.91. The maximum Gasteiger partial charge on any atom is 0.415 e. The molecular weight excluding hydrogens is 554 g/mol. The van der Waals surface area contributed by atoms with Crippen molar-refractivity contribution in [2.75, 3.05) is 31.1 Å². The SMILES string of the molecule is Cc1cccc(N(Cc2ccc(F)c(F)c2)C(=O)O[C@H]2C[N+]3(CC(=O)c4ccccc4)CCC2CC3)c1.[Br-]. The molecule has 38 heavy (non-hydrogen) atoms. The quantitative estimate of drug-likeness (QED) is 0.317. The first-order chi connectivity index (χ1) is 17.8. The monoisotopic (exact) mass is 584 g/mol. The molecule has 3 saturated heterocycles. The van der Waals surface area contributed by atoms with Crippen LogP contribution < -0.4 is 21.9 Å². The van der Waals surface area contributed by atoms with Crippen LogP contribution in [0.5, 0.6) is 0 Å². The Morgan fingerprint density at radius 1 is 0.947 bits per heavy atom. The molecule has 3 aromatic rings. The number of ether oxygens (including phenoxy) is 1. The molecule has 0 aromatic heterocycles. The van der Waals surface area contributed by atoms with Crippen molar-refractivity contribution in [3.05, 3.63) is 101 Å². The van der Waals surface area contributed by atoms with E-state index >= 15 is 0 Å². The van der Waals surface area contributed by atoms with E-state index in [2.05, 4.69) is 0 Å². The van der Waals surface area contributed by atoms with Crippen molar-refractivity contribution in [3.63, 3.8) is 0 Å². The summed E-state index contributed by atoms with van der Waals surface area (Å²) in [5, 5.41) is 0. The zero-order chi connectivity index (χ0) is 26.0. The third-order valence-electron chi connectivity index (χ3n) is 7.73. The van der Waals surface area contributed by atoms with Crippen LogP contribution in [0.25, 0.3) is 0 Å². The van der Waals surface area contributed by atoms with Gasteiger partial charge in [-0.2, -0.15) is 0 Å². The van der Waals surface area contributed by atoms with Crippen LogP contribution in [0.1, 0.15) is 34.3 Å². The summed E-state index contributed by atoms with van der Waals surface area (Å²) >= 11 is 0. The Balaban J connectivity index is 0.00000336. The van der Waals surface area contributed by atoms with Gasteiger partial charge in [-0.05, 0) is 42.3 Å². The average molecular weight is 585 g/mol. The standard InChI is InChI=1S/C30H31F2N2O3.BrH/c1-21-6-5-9-25(16-21)33(18-22-10-11-26(31)27(32)17-22)30(36)37-29-20-34(14-12-24(29)13-15-34)19-28(35)23-7-3-2-4-8-23;/h2-11,16-17,24,29H,12-15,18-20H2,1H3;1H/q+1;/p-1/t24?,29-,34?;/m0./s1. The molecule has 2 bridgehead atoms. The van der Waals surface area contributed by atoms with Gasteiger partial charge in [-0.25, -0.2) is 13.6 Å². The van der Waals surface area contributed by atoms with Gasteiger partial charge < -0.3 is 26.2 Å². The van der Waals surface area contributed by atoms with Gasteiger partial charge in [0.2, 0.25) is 5.78 Å². The third kappa shape index (κ3) is 6.13. The number of anilines is 1. The second-order valence-corrected chi connectivity index (χ2v) is 10.4. The van der Waals surface area contributed by atoms with E-state index < -0.39 is 17.7 Å². The van der Waals surface area contributed by atoms with Crippen molar-refractivity contribution in [1.82, 2.24) is 0 Å². The molecule has 3 aliphatic rings. The first kappa shape index (κ1) is 27.9. The molecular formula is C30H31BrF2N2O3. The number of Topliss-reactive ketones (excluding diaryl/α,β-unsaturated/α-hetero) is 1. The van der Waals surface area contributed by atoms with Gasteiger partial charge in [-0.3, -0.25) is 9.69 Å². The van der Waals surface area contributed by atoms with E-state index in [0.717, 1.165) is 43.6 Å². The Bertz CT molecular complexity index is 1300. The lowest BCUT2D eigenvalue weighted by Gasteiger charge is -2.51. The number of amides is 1. The van der Waals surface area contributed by atoms with Crippen molar-refractivity contribution in [3.8, 4) is 0 Å². The van der Waals surface area contributed by atoms with E-state index in [1.165, 1.54) is 11.0 Å². The van der Waals surface area contributed by atoms with Crippen LogP contribution in [0.4, 0.5) is 19.3 Å². The fraction of sp³-hybridized carbons (Fsp3) is 0.333. The number of fused-ring (bicyclic) bond motifs is 3. The van der Waals surface area contributed by atoms with Gasteiger partial charge in [0.15, 0.2) is 17.7 Å². The number of hydrogen-bond acceptors (Lipinski definition) is 3. The lowest BCUT2D eigenvalue weighted by Crippen LogP contribution is -3.00. The number of aryl methyl sites for hydroxylation is 1. The molecule has 1 amide bonds. The molecule has 200 valence electrons. The Kier molecular flexibility index (Phi) is 8.63. The van der Waals surface area contributed by atoms with Crippen molar-refractivity contribution < 1.29 is 44.6 Å². The topological polar surface area (TPSA) is 46.6 Å². The molecule has 3 fully saturated rings. The van der Waals surface area contributed by atoms with Crippen LogP contribution in [0.2, 0.25) is 0 Å². The highest BCUT2D eigenvalue weighted by atomic mass is 79.9. The first-order valence-electron chi connectivity index (χ1n) is 12.7. The Morgan fingerprint density at radius 3 is 2.37 bits per heavy atom. The summed E-state index contributed by atoms with van der Waals surface area (Å²) < 4.78 is 34.1. The number of nitrogens with zero attached hydrogens (tertiary/aromatic N) is 2. The molecule has 0 radical (unpaired) electrons. The molecule has 3 aromatic carbocycles. The molecule has 0 N–H and O–H groups in total. The number of hydrogen-bond donors (Lipinski definition) is 0. The number of quaternary nitrogens is 1. The van der Waals surface area contributed by atoms with Crippen molar-refractivity contribution in [1.29, 1.82) is 0 Å². The number of rotatable bonds is 7. The maximum absolute atomic E-state index is 13.9. The molecule has 0 spiro atoms.